The van der Waals surface area contributed by atoms with E-state index >= 15 is 0 Å². The minimum Gasteiger partial charge on any atom is -0.395 e. The normalized spacial score (nSPS) is 10.0. The van der Waals surface area contributed by atoms with E-state index in [1.165, 1.54) is 0 Å². The molecule has 0 heterocycles. The number of carbonyl (C=O) groups is 1. The van der Waals surface area contributed by atoms with Crippen LogP contribution in [-0.2, 0) is 0 Å². The number of aliphatic hydroxyl groups is 1. The number of nitro groups is 2. The molecular weight excluding hydrogens is 282 g/mol. The fourth-order valence-electron chi connectivity index (χ4n) is 1.26. The number of hydrogen-bond donors (Lipinski definition) is 2. The molecule has 0 aliphatic heterocycles. The predicted octanol–water partition coefficient (Wildman–Crippen LogP) is 0.879. The molecule has 0 unspecified atom stereocenters. The second-order valence-electron chi connectivity index (χ2n) is 3.32. The quantitative estimate of drug-likeness (QED) is 0.610. The molecule has 0 bridgehead atoms. The summed E-state index contributed by atoms with van der Waals surface area (Å²) in [5.41, 5.74) is -1.74. The van der Waals surface area contributed by atoms with Gasteiger partial charge in [0, 0.05) is 12.6 Å². The highest BCUT2D eigenvalue weighted by Gasteiger charge is 2.26. The number of carbonyl (C=O) groups excluding carboxylic acids is 1. The molecule has 1 rings (SSSR count). The van der Waals surface area contributed by atoms with Crippen molar-refractivity contribution in [2.75, 3.05) is 13.2 Å². The number of non-ortho nitro benzene ring substituents is 1. The summed E-state index contributed by atoms with van der Waals surface area (Å²) in [4.78, 5) is 31.2. The van der Waals surface area contributed by atoms with E-state index in [2.05, 4.69) is 5.32 Å². The van der Waals surface area contributed by atoms with Gasteiger partial charge in [-0.1, -0.05) is 11.6 Å². The molecule has 19 heavy (non-hydrogen) atoms. The molecule has 0 spiro atoms. The van der Waals surface area contributed by atoms with Gasteiger partial charge < -0.3 is 10.4 Å². The number of amides is 1. The van der Waals surface area contributed by atoms with Gasteiger partial charge in [-0.2, -0.15) is 0 Å². The van der Waals surface area contributed by atoms with Crippen molar-refractivity contribution >= 4 is 28.9 Å². The van der Waals surface area contributed by atoms with Gasteiger partial charge in [0.15, 0.2) is 0 Å². The minimum atomic E-state index is -0.918. The van der Waals surface area contributed by atoms with Crippen molar-refractivity contribution in [1.82, 2.24) is 5.32 Å². The van der Waals surface area contributed by atoms with E-state index in [1.807, 2.05) is 0 Å². The van der Waals surface area contributed by atoms with Gasteiger partial charge in [0.05, 0.1) is 28.1 Å². The molecule has 1 amide bonds. The van der Waals surface area contributed by atoms with Crippen molar-refractivity contribution in [3.8, 4) is 0 Å². The number of halogens is 1. The van der Waals surface area contributed by atoms with Crippen LogP contribution in [0.15, 0.2) is 12.1 Å². The van der Waals surface area contributed by atoms with Crippen LogP contribution in [-0.4, -0.2) is 34.0 Å². The summed E-state index contributed by atoms with van der Waals surface area (Å²) in [7, 11) is 0. The Morgan fingerprint density at radius 2 is 1.95 bits per heavy atom. The maximum Gasteiger partial charge on any atom is 0.295 e. The zero-order chi connectivity index (χ0) is 14.6. The Kier molecular flexibility index (Phi) is 4.73. The Morgan fingerprint density at radius 3 is 2.42 bits per heavy atom. The van der Waals surface area contributed by atoms with Crippen LogP contribution in [0, 0.1) is 20.2 Å². The summed E-state index contributed by atoms with van der Waals surface area (Å²) in [5.74, 6) is -0.842. The Balaban J connectivity index is 3.33. The van der Waals surface area contributed by atoms with E-state index in [0.29, 0.717) is 6.07 Å². The van der Waals surface area contributed by atoms with Crippen LogP contribution in [0.4, 0.5) is 11.4 Å². The van der Waals surface area contributed by atoms with Gasteiger partial charge in [0.2, 0.25) is 0 Å². The third kappa shape index (κ3) is 3.36. The van der Waals surface area contributed by atoms with Gasteiger partial charge in [-0.25, -0.2) is 0 Å². The van der Waals surface area contributed by atoms with Crippen LogP contribution in [0.1, 0.15) is 10.4 Å². The average Bonchev–Trinajstić information content (AvgIpc) is 2.35. The summed E-state index contributed by atoms with van der Waals surface area (Å²) in [5, 5.41) is 31.6. The van der Waals surface area contributed by atoms with Crippen molar-refractivity contribution in [1.29, 1.82) is 0 Å². The number of rotatable bonds is 5. The van der Waals surface area contributed by atoms with E-state index in [4.69, 9.17) is 16.7 Å². The molecule has 2 N–H and O–H groups in total. The smallest absolute Gasteiger partial charge is 0.295 e. The molecule has 0 saturated carbocycles. The molecule has 0 atom stereocenters. The van der Waals surface area contributed by atoms with Gasteiger partial charge in [-0.15, -0.1) is 0 Å². The number of nitrogens with zero attached hydrogens (tertiary/aromatic N) is 2. The molecular formula is C9H8ClN3O6. The first-order valence-electron chi connectivity index (χ1n) is 4.90. The summed E-state index contributed by atoms with van der Waals surface area (Å²) >= 11 is 5.67. The van der Waals surface area contributed by atoms with Crippen LogP contribution in [0.3, 0.4) is 0 Å². The van der Waals surface area contributed by atoms with Crippen molar-refractivity contribution in [2.24, 2.45) is 0 Å². The lowest BCUT2D eigenvalue weighted by Gasteiger charge is -2.05. The Morgan fingerprint density at radius 1 is 1.32 bits per heavy atom. The second-order valence-corrected chi connectivity index (χ2v) is 3.70. The monoisotopic (exact) mass is 289 g/mol. The molecule has 1 aromatic carbocycles. The standard InChI is InChI=1S/C9H8ClN3O6/c10-8-6(9(15)11-1-2-14)3-5(12(16)17)4-7(8)13(18)19/h3-4,14H,1-2H2,(H,11,15). The van der Waals surface area contributed by atoms with E-state index in [0.717, 1.165) is 6.07 Å². The first kappa shape index (κ1) is 14.8. The predicted molar refractivity (Wildman–Crippen MR) is 64.2 cm³/mol. The maximum absolute atomic E-state index is 11.6. The lowest BCUT2D eigenvalue weighted by molar-refractivity contribution is -0.394. The molecule has 102 valence electrons. The fraction of sp³-hybridized carbons (Fsp3) is 0.222. The summed E-state index contributed by atoms with van der Waals surface area (Å²) in [6, 6.07) is 1.51. The molecule has 0 aliphatic rings. The molecule has 0 radical (unpaired) electrons. The van der Waals surface area contributed by atoms with Gasteiger partial charge >= 0.3 is 0 Å². The average molecular weight is 290 g/mol. The zero-order valence-electron chi connectivity index (χ0n) is 9.33. The molecule has 0 aromatic heterocycles. The van der Waals surface area contributed by atoms with Crippen LogP contribution >= 0.6 is 11.6 Å². The summed E-state index contributed by atoms with van der Waals surface area (Å²) < 4.78 is 0. The topological polar surface area (TPSA) is 136 Å². The SMILES string of the molecule is O=C(NCCO)c1cc([N+](=O)[O-])cc([N+](=O)[O-])c1Cl. The van der Waals surface area contributed by atoms with E-state index in [-0.39, 0.29) is 13.2 Å². The third-order valence-electron chi connectivity index (χ3n) is 2.09. The van der Waals surface area contributed by atoms with E-state index < -0.39 is 37.7 Å². The highest BCUT2D eigenvalue weighted by molar-refractivity contribution is 6.36. The molecule has 0 fully saturated rings. The Labute approximate surface area is 111 Å². The Bertz CT molecular complexity index is 547. The van der Waals surface area contributed by atoms with Crippen LogP contribution in [0.5, 0.6) is 0 Å². The van der Waals surface area contributed by atoms with Crippen molar-refractivity contribution in [3.05, 3.63) is 42.9 Å². The van der Waals surface area contributed by atoms with Crippen molar-refractivity contribution in [3.63, 3.8) is 0 Å². The minimum absolute atomic E-state index is 0.106. The molecule has 10 heteroatoms. The van der Waals surface area contributed by atoms with Gasteiger partial charge in [0.25, 0.3) is 17.3 Å². The molecule has 1 aromatic rings. The van der Waals surface area contributed by atoms with Gasteiger partial charge in [-0.05, 0) is 0 Å². The first-order chi connectivity index (χ1) is 8.88. The maximum atomic E-state index is 11.6. The van der Waals surface area contributed by atoms with E-state index in [9.17, 15) is 25.0 Å². The summed E-state index contributed by atoms with van der Waals surface area (Å²) in [6.07, 6.45) is 0. The number of hydrogen-bond acceptors (Lipinski definition) is 6. The van der Waals surface area contributed by atoms with Crippen molar-refractivity contribution < 1.29 is 19.7 Å². The number of benzene rings is 1. The lowest BCUT2D eigenvalue weighted by atomic mass is 10.1. The van der Waals surface area contributed by atoms with Crippen LogP contribution < -0.4 is 5.32 Å². The molecule has 0 aliphatic carbocycles. The largest absolute Gasteiger partial charge is 0.395 e. The fourth-order valence-corrected chi connectivity index (χ4v) is 1.53. The number of nitro benzene ring substituents is 2. The van der Waals surface area contributed by atoms with E-state index in [1.54, 1.807) is 0 Å². The van der Waals surface area contributed by atoms with Crippen LogP contribution in [0.25, 0.3) is 0 Å². The van der Waals surface area contributed by atoms with Gasteiger partial charge in [0.1, 0.15) is 5.02 Å². The molecule has 0 saturated heterocycles. The Hall–Kier alpha value is -2.26. The lowest BCUT2D eigenvalue weighted by Crippen LogP contribution is -2.26. The highest BCUT2D eigenvalue weighted by Crippen LogP contribution is 2.32. The van der Waals surface area contributed by atoms with Crippen molar-refractivity contribution in [2.45, 2.75) is 0 Å². The van der Waals surface area contributed by atoms with Crippen LogP contribution in [0.2, 0.25) is 5.02 Å². The summed E-state index contributed by atoms with van der Waals surface area (Å²) in [6.45, 7) is -0.452. The number of aliphatic hydroxyl groups excluding tert-OH is 1. The zero-order valence-corrected chi connectivity index (χ0v) is 10.1. The molecule has 9 nitrogen and oxygen atoms in total. The van der Waals surface area contributed by atoms with Gasteiger partial charge in [-0.3, -0.25) is 25.0 Å². The highest BCUT2D eigenvalue weighted by atomic mass is 35.5. The second kappa shape index (κ2) is 6.07. The third-order valence-corrected chi connectivity index (χ3v) is 2.48. The number of nitrogens with one attached hydrogen (secondary N) is 1. The first-order valence-corrected chi connectivity index (χ1v) is 5.27.